The summed E-state index contributed by atoms with van der Waals surface area (Å²) in [6, 6.07) is 3.70. The summed E-state index contributed by atoms with van der Waals surface area (Å²) < 4.78 is 6.08. The fraction of sp³-hybridized carbons (Fsp3) is 0.333. The highest BCUT2D eigenvalue weighted by Crippen LogP contribution is 2.21. The molecule has 2 rings (SSSR count). The van der Waals surface area contributed by atoms with Gasteiger partial charge in [-0.3, -0.25) is 4.79 Å². The molecule has 0 bridgehead atoms. The molecule has 2 aromatic rings. The van der Waals surface area contributed by atoms with Gasteiger partial charge >= 0.3 is 0 Å². The van der Waals surface area contributed by atoms with Gasteiger partial charge in [-0.1, -0.05) is 18.5 Å². The van der Waals surface area contributed by atoms with Gasteiger partial charge in [-0.25, -0.2) is 4.98 Å². The minimum Gasteiger partial charge on any atom is -0.435 e. The van der Waals surface area contributed by atoms with Crippen LogP contribution in [0.2, 0.25) is 4.34 Å². The normalized spacial score (nSPS) is 10.6. The maximum Gasteiger partial charge on any atom is 0.289 e. The lowest BCUT2D eigenvalue weighted by Crippen LogP contribution is -2.22. The number of oxazole rings is 1. The largest absolute Gasteiger partial charge is 0.435 e. The van der Waals surface area contributed by atoms with Crippen molar-refractivity contribution in [2.45, 2.75) is 26.8 Å². The number of halogens is 1. The first-order chi connectivity index (χ1) is 8.60. The Balaban J connectivity index is 2.01. The summed E-state index contributed by atoms with van der Waals surface area (Å²) in [7, 11) is 0. The number of nitrogens with zero attached hydrogens (tertiary/aromatic N) is 1. The Labute approximate surface area is 114 Å². The number of hydrogen-bond acceptors (Lipinski definition) is 4. The molecule has 0 radical (unpaired) electrons. The third-order valence-electron chi connectivity index (χ3n) is 2.40. The van der Waals surface area contributed by atoms with E-state index in [0.717, 1.165) is 4.88 Å². The molecule has 0 aliphatic carbocycles. The molecule has 0 spiro atoms. The molecule has 1 N–H and O–H groups in total. The highest BCUT2D eigenvalue weighted by Gasteiger charge is 2.16. The van der Waals surface area contributed by atoms with E-state index in [4.69, 9.17) is 16.0 Å². The number of rotatable bonds is 4. The van der Waals surface area contributed by atoms with Crippen LogP contribution in [0.1, 0.15) is 33.9 Å². The van der Waals surface area contributed by atoms with Crippen LogP contribution >= 0.6 is 22.9 Å². The minimum absolute atomic E-state index is 0.246. The van der Waals surface area contributed by atoms with E-state index in [1.807, 2.05) is 19.1 Å². The molecule has 0 aromatic carbocycles. The molecule has 0 aliphatic heterocycles. The van der Waals surface area contributed by atoms with Crippen LogP contribution in [0.25, 0.3) is 0 Å². The summed E-state index contributed by atoms with van der Waals surface area (Å²) in [5.74, 6) is 0.621. The Kier molecular flexibility index (Phi) is 4.04. The van der Waals surface area contributed by atoms with Gasteiger partial charge in [0.15, 0.2) is 5.89 Å². The monoisotopic (exact) mass is 284 g/mol. The predicted molar refractivity (Wildman–Crippen MR) is 71.1 cm³/mol. The van der Waals surface area contributed by atoms with Crippen LogP contribution in [0.15, 0.2) is 16.5 Å². The number of carbonyl (C=O) groups excluding carboxylic acids is 1. The fourth-order valence-electron chi connectivity index (χ4n) is 1.51. The highest BCUT2D eigenvalue weighted by atomic mass is 35.5. The van der Waals surface area contributed by atoms with Crippen LogP contribution in [0, 0.1) is 6.92 Å². The van der Waals surface area contributed by atoms with Crippen molar-refractivity contribution < 1.29 is 9.21 Å². The Morgan fingerprint density at radius 1 is 1.56 bits per heavy atom. The van der Waals surface area contributed by atoms with Crippen LogP contribution in [-0.2, 0) is 13.0 Å². The van der Waals surface area contributed by atoms with Crippen LogP contribution in [-0.4, -0.2) is 10.9 Å². The number of hydrogen-bond donors (Lipinski definition) is 1. The second-order valence-electron chi connectivity index (χ2n) is 3.76. The molecule has 18 heavy (non-hydrogen) atoms. The first-order valence-corrected chi connectivity index (χ1v) is 6.78. The lowest BCUT2D eigenvalue weighted by molar-refractivity contribution is 0.0921. The molecule has 96 valence electrons. The van der Waals surface area contributed by atoms with Crippen molar-refractivity contribution in [3.05, 3.63) is 38.7 Å². The van der Waals surface area contributed by atoms with E-state index in [1.165, 1.54) is 11.3 Å². The maximum atomic E-state index is 11.9. The number of nitrogens with one attached hydrogen (secondary N) is 1. The zero-order chi connectivity index (χ0) is 13.1. The second-order valence-corrected chi connectivity index (χ2v) is 5.56. The summed E-state index contributed by atoms with van der Waals surface area (Å²) >= 11 is 7.26. The number of carbonyl (C=O) groups is 1. The van der Waals surface area contributed by atoms with E-state index in [9.17, 15) is 4.79 Å². The zero-order valence-electron chi connectivity index (χ0n) is 10.1. The predicted octanol–water partition coefficient (Wildman–Crippen LogP) is 3.19. The highest BCUT2D eigenvalue weighted by molar-refractivity contribution is 7.16. The molecule has 2 heterocycles. The molecule has 0 atom stereocenters. The van der Waals surface area contributed by atoms with Crippen molar-refractivity contribution in [2.75, 3.05) is 0 Å². The smallest absolute Gasteiger partial charge is 0.289 e. The van der Waals surface area contributed by atoms with E-state index in [1.54, 1.807) is 6.92 Å². The molecule has 4 nitrogen and oxygen atoms in total. The Morgan fingerprint density at radius 2 is 2.33 bits per heavy atom. The number of aryl methyl sites for hydroxylation is 2. The molecule has 2 aromatic heterocycles. The van der Waals surface area contributed by atoms with Crippen molar-refractivity contribution in [2.24, 2.45) is 0 Å². The first kappa shape index (κ1) is 13.1. The molecule has 1 amide bonds. The zero-order valence-corrected chi connectivity index (χ0v) is 11.7. The van der Waals surface area contributed by atoms with Crippen LogP contribution in [0.5, 0.6) is 0 Å². The van der Waals surface area contributed by atoms with Crippen LogP contribution in [0.3, 0.4) is 0 Å². The SMILES string of the molecule is CCc1nc(C)c(C(=O)NCc2ccc(Cl)s2)o1. The molecule has 6 heteroatoms. The first-order valence-electron chi connectivity index (χ1n) is 5.59. The molecule has 0 saturated carbocycles. The van der Waals surface area contributed by atoms with Crippen molar-refractivity contribution in [3.8, 4) is 0 Å². The Hall–Kier alpha value is -1.33. The summed E-state index contributed by atoms with van der Waals surface area (Å²) in [4.78, 5) is 17.1. The van der Waals surface area contributed by atoms with E-state index in [-0.39, 0.29) is 11.7 Å². The van der Waals surface area contributed by atoms with E-state index >= 15 is 0 Å². The van der Waals surface area contributed by atoms with Crippen molar-refractivity contribution in [3.63, 3.8) is 0 Å². The van der Waals surface area contributed by atoms with E-state index in [2.05, 4.69) is 10.3 Å². The van der Waals surface area contributed by atoms with E-state index in [0.29, 0.717) is 28.9 Å². The van der Waals surface area contributed by atoms with Crippen molar-refractivity contribution in [1.29, 1.82) is 0 Å². The Morgan fingerprint density at radius 3 is 2.89 bits per heavy atom. The number of amides is 1. The topological polar surface area (TPSA) is 55.1 Å². The van der Waals surface area contributed by atoms with Crippen molar-refractivity contribution >= 4 is 28.8 Å². The van der Waals surface area contributed by atoms with Crippen LogP contribution in [0.4, 0.5) is 0 Å². The summed E-state index contributed by atoms with van der Waals surface area (Å²) in [6.07, 6.45) is 0.675. The lowest BCUT2D eigenvalue weighted by Gasteiger charge is -2.00. The third kappa shape index (κ3) is 2.91. The maximum absolute atomic E-state index is 11.9. The summed E-state index contributed by atoms with van der Waals surface area (Å²) in [5.41, 5.74) is 0.619. The molecule has 0 saturated heterocycles. The van der Waals surface area contributed by atoms with Gasteiger partial charge < -0.3 is 9.73 Å². The minimum atomic E-state index is -0.246. The van der Waals surface area contributed by atoms with Gasteiger partial charge in [0.2, 0.25) is 5.76 Å². The second kappa shape index (κ2) is 5.54. The third-order valence-corrected chi connectivity index (χ3v) is 3.63. The van der Waals surface area contributed by atoms with E-state index < -0.39 is 0 Å². The average molecular weight is 285 g/mol. The van der Waals surface area contributed by atoms with Gasteiger partial charge in [0.1, 0.15) is 0 Å². The molecule has 0 unspecified atom stereocenters. The summed E-state index contributed by atoms with van der Waals surface area (Å²) in [5, 5.41) is 2.79. The van der Waals surface area contributed by atoms with Crippen molar-refractivity contribution in [1.82, 2.24) is 10.3 Å². The quantitative estimate of drug-likeness (QED) is 0.938. The summed E-state index contributed by atoms with van der Waals surface area (Å²) in [6.45, 7) is 4.14. The van der Waals surface area contributed by atoms with Gasteiger partial charge in [0.05, 0.1) is 16.6 Å². The average Bonchev–Trinajstić information content (AvgIpc) is 2.92. The van der Waals surface area contributed by atoms with Gasteiger partial charge in [-0.2, -0.15) is 0 Å². The molecular formula is C12H13ClN2O2S. The van der Waals surface area contributed by atoms with Gasteiger partial charge in [-0.05, 0) is 19.1 Å². The Bertz CT molecular complexity index is 562. The van der Waals surface area contributed by atoms with Gasteiger partial charge in [0.25, 0.3) is 5.91 Å². The molecule has 0 fully saturated rings. The standard InChI is InChI=1S/C12H13ClN2O2S/c1-3-10-15-7(2)11(17-10)12(16)14-6-8-4-5-9(13)18-8/h4-5H,3,6H2,1-2H3,(H,14,16). The molecular weight excluding hydrogens is 272 g/mol. The lowest BCUT2D eigenvalue weighted by atomic mass is 10.3. The van der Waals surface area contributed by atoms with Gasteiger partial charge in [-0.15, -0.1) is 11.3 Å². The number of thiophene rings is 1. The fourth-order valence-corrected chi connectivity index (χ4v) is 2.54. The number of aromatic nitrogens is 1. The molecule has 0 aliphatic rings. The van der Waals surface area contributed by atoms with Crippen LogP contribution < -0.4 is 5.32 Å². The van der Waals surface area contributed by atoms with Gasteiger partial charge in [0, 0.05) is 11.3 Å².